The lowest BCUT2D eigenvalue weighted by molar-refractivity contribution is -0.127. The fourth-order valence-electron chi connectivity index (χ4n) is 3.94. The van der Waals surface area contributed by atoms with E-state index in [0.29, 0.717) is 16.9 Å². The van der Waals surface area contributed by atoms with Crippen LogP contribution in [0.4, 0.5) is 0 Å². The van der Waals surface area contributed by atoms with E-state index in [4.69, 9.17) is 9.47 Å². The molecule has 0 heterocycles. The Bertz CT molecular complexity index is 1030. The molecule has 0 aliphatic heterocycles. The molecule has 0 aromatic heterocycles. The highest BCUT2D eigenvalue weighted by Gasteiger charge is 2.37. The van der Waals surface area contributed by atoms with Crippen LogP contribution in [-0.4, -0.2) is 18.5 Å². The molecule has 31 heavy (non-hydrogen) atoms. The van der Waals surface area contributed by atoms with Gasteiger partial charge in [0.1, 0.15) is 12.4 Å². The third-order valence-corrected chi connectivity index (χ3v) is 6.08. The Morgan fingerprint density at radius 3 is 2.13 bits per heavy atom. The molecule has 1 aliphatic carbocycles. The minimum Gasteiger partial charge on any atom is -0.458 e. The van der Waals surface area contributed by atoms with E-state index in [2.05, 4.69) is 46.9 Å². The molecular weight excluding hydrogens is 388 g/mol. The van der Waals surface area contributed by atoms with Gasteiger partial charge >= 0.3 is 11.9 Å². The zero-order chi connectivity index (χ0) is 22.8. The van der Waals surface area contributed by atoms with Crippen LogP contribution in [0, 0.1) is 0 Å². The van der Waals surface area contributed by atoms with Crippen LogP contribution >= 0.6 is 0 Å². The van der Waals surface area contributed by atoms with Crippen LogP contribution < -0.4 is 4.74 Å². The Kier molecular flexibility index (Phi) is 6.21. The lowest BCUT2D eigenvalue weighted by Gasteiger charge is -2.41. The number of rotatable bonds is 6. The number of hydrogen-bond donors (Lipinski definition) is 0. The SMILES string of the molecule is C=CCOC(=O)c1ccc(C(=C)C(=O)Oc2ccc3c(c2)C(C)(C)CCC3(C)C)cc1. The number of carbonyl (C=O) groups is 2. The van der Waals surface area contributed by atoms with Gasteiger partial charge in [0.15, 0.2) is 0 Å². The lowest BCUT2D eigenvalue weighted by atomic mass is 9.63. The van der Waals surface area contributed by atoms with E-state index in [1.54, 1.807) is 24.3 Å². The highest BCUT2D eigenvalue weighted by molar-refractivity contribution is 6.16. The first-order valence-corrected chi connectivity index (χ1v) is 10.5. The highest BCUT2D eigenvalue weighted by Crippen LogP contribution is 2.46. The van der Waals surface area contributed by atoms with Gasteiger partial charge in [-0.2, -0.15) is 0 Å². The van der Waals surface area contributed by atoms with Gasteiger partial charge in [-0.15, -0.1) is 0 Å². The highest BCUT2D eigenvalue weighted by atomic mass is 16.5. The van der Waals surface area contributed by atoms with Crippen molar-refractivity contribution in [2.75, 3.05) is 6.61 Å². The quantitative estimate of drug-likeness (QED) is 0.250. The summed E-state index contributed by atoms with van der Waals surface area (Å²) >= 11 is 0. The Hall–Kier alpha value is -3.14. The van der Waals surface area contributed by atoms with Crippen LogP contribution in [0.5, 0.6) is 5.75 Å². The molecule has 0 bridgehead atoms. The number of hydrogen-bond acceptors (Lipinski definition) is 4. The summed E-state index contributed by atoms with van der Waals surface area (Å²) in [7, 11) is 0. The van der Waals surface area contributed by atoms with Crippen LogP contribution in [0.15, 0.2) is 61.7 Å². The molecule has 0 fully saturated rings. The molecule has 0 spiro atoms. The average Bonchev–Trinajstić information content (AvgIpc) is 2.75. The van der Waals surface area contributed by atoms with Gasteiger partial charge in [0.05, 0.1) is 11.1 Å². The van der Waals surface area contributed by atoms with E-state index in [0.717, 1.165) is 12.8 Å². The Morgan fingerprint density at radius 2 is 1.52 bits per heavy atom. The number of fused-ring (bicyclic) bond motifs is 1. The van der Waals surface area contributed by atoms with Gasteiger partial charge in [-0.25, -0.2) is 9.59 Å². The van der Waals surface area contributed by atoms with Crippen LogP contribution in [0.25, 0.3) is 5.57 Å². The fraction of sp³-hybridized carbons (Fsp3) is 0.333. The van der Waals surface area contributed by atoms with Crippen LogP contribution in [0.1, 0.15) is 67.6 Å². The molecule has 0 radical (unpaired) electrons. The van der Waals surface area contributed by atoms with E-state index >= 15 is 0 Å². The standard InChI is InChI=1S/C27H30O4/c1-7-16-30-25(29)20-10-8-19(9-11-20)18(2)24(28)31-21-12-13-22-23(17-21)27(5,6)15-14-26(22,3)4/h7-13,17H,1-2,14-16H2,3-6H3. The maximum absolute atomic E-state index is 12.7. The van der Waals surface area contributed by atoms with Crippen molar-refractivity contribution in [2.45, 2.75) is 51.4 Å². The molecule has 0 saturated carbocycles. The normalized spacial score (nSPS) is 16.0. The predicted molar refractivity (Wildman–Crippen MR) is 123 cm³/mol. The molecule has 0 amide bonds. The van der Waals surface area contributed by atoms with Gasteiger partial charge in [-0.1, -0.05) is 65.1 Å². The first-order valence-electron chi connectivity index (χ1n) is 10.5. The van der Waals surface area contributed by atoms with Gasteiger partial charge in [0.25, 0.3) is 0 Å². The third kappa shape index (κ3) is 4.79. The van der Waals surface area contributed by atoms with Gasteiger partial charge in [0.2, 0.25) is 0 Å². The first-order chi connectivity index (χ1) is 14.5. The van der Waals surface area contributed by atoms with E-state index in [-0.39, 0.29) is 23.0 Å². The Morgan fingerprint density at radius 1 is 0.935 bits per heavy atom. The molecule has 2 aromatic carbocycles. The van der Waals surface area contributed by atoms with Gasteiger partial charge in [-0.3, -0.25) is 0 Å². The molecule has 1 aliphatic rings. The van der Waals surface area contributed by atoms with Crippen LogP contribution in [0.2, 0.25) is 0 Å². The molecule has 162 valence electrons. The number of carbonyl (C=O) groups excluding carboxylic acids is 2. The van der Waals surface area contributed by atoms with Crippen molar-refractivity contribution < 1.29 is 19.1 Å². The van der Waals surface area contributed by atoms with Crippen molar-refractivity contribution in [1.82, 2.24) is 0 Å². The van der Waals surface area contributed by atoms with E-state index < -0.39 is 11.9 Å². The number of ether oxygens (including phenoxy) is 2. The van der Waals surface area contributed by atoms with Crippen molar-refractivity contribution in [3.05, 3.63) is 84.0 Å². The van der Waals surface area contributed by atoms with Crippen molar-refractivity contribution in [3.63, 3.8) is 0 Å². The van der Waals surface area contributed by atoms with Gasteiger partial charge in [-0.05, 0) is 64.6 Å². The molecule has 0 unspecified atom stereocenters. The maximum atomic E-state index is 12.7. The average molecular weight is 419 g/mol. The topological polar surface area (TPSA) is 52.6 Å². The third-order valence-electron chi connectivity index (χ3n) is 6.08. The molecule has 2 aromatic rings. The largest absolute Gasteiger partial charge is 0.458 e. The molecule has 4 heteroatoms. The van der Waals surface area contributed by atoms with Gasteiger partial charge < -0.3 is 9.47 Å². The zero-order valence-corrected chi connectivity index (χ0v) is 18.8. The molecule has 4 nitrogen and oxygen atoms in total. The second kappa shape index (κ2) is 8.54. The summed E-state index contributed by atoms with van der Waals surface area (Å²) in [5.41, 5.74) is 3.87. The molecule has 3 rings (SSSR count). The molecule has 0 saturated heterocycles. The van der Waals surface area contributed by atoms with Crippen molar-refractivity contribution >= 4 is 17.5 Å². The second-order valence-electron chi connectivity index (χ2n) is 9.31. The minimum absolute atomic E-state index is 0.0281. The smallest absolute Gasteiger partial charge is 0.343 e. The van der Waals surface area contributed by atoms with Crippen LogP contribution in [-0.2, 0) is 20.4 Å². The second-order valence-corrected chi connectivity index (χ2v) is 9.31. The van der Waals surface area contributed by atoms with E-state index in [1.165, 1.54) is 17.2 Å². The first kappa shape index (κ1) is 22.5. The molecule has 0 N–H and O–H groups in total. The maximum Gasteiger partial charge on any atom is 0.343 e. The Labute approximate surface area is 184 Å². The number of esters is 2. The van der Waals surface area contributed by atoms with E-state index in [1.807, 2.05) is 12.1 Å². The summed E-state index contributed by atoms with van der Waals surface area (Å²) in [6, 6.07) is 12.4. The van der Waals surface area contributed by atoms with Gasteiger partial charge in [0, 0.05) is 0 Å². The molecular formula is C27H30O4. The summed E-state index contributed by atoms with van der Waals surface area (Å²) in [6.45, 7) is 16.5. The summed E-state index contributed by atoms with van der Waals surface area (Å²) in [6.07, 6.45) is 3.71. The van der Waals surface area contributed by atoms with Crippen molar-refractivity contribution in [3.8, 4) is 5.75 Å². The van der Waals surface area contributed by atoms with Crippen molar-refractivity contribution in [1.29, 1.82) is 0 Å². The zero-order valence-electron chi connectivity index (χ0n) is 18.8. The van der Waals surface area contributed by atoms with Crippen LogP contribution in [0.3, 0.4) is 0 Å². The Balaban J connectivity index is 1.75. The lowest BCUT2D eigenvalue weighted by Crippen LogP contribution is -2.33. The summed E-state index contributed by atoms with van der Waals surface area (Å²) in [4.78, 5) is 24.6. The summed E-state index contributed by atoms with van der Waals surface area (Å²) in [5, 5.41) is 0. The van der Waals surface area contributed by atoms with E-state index in [9.17, 15) is 9.59 Å². The molecule has 0 atom stereocenters. The number of benzene rings is 2. The monoisotopic (exact) mass is 418 g/mol. The predicted octanol–water partition coefficient (Wildman–Crippen LogP) is 6.00. The summed E-state index contributed by atoms with van der Waals surface area (Å²) < 4.78 is 10.7. The summed E-state index contributed by atoms with van der Waals surface area (Å²) in [5.74, 6) is -0.450. The fourth-order valence-corrected chi connectivity index (χ4v) is 3.94. The van der Waals surface area contributed by atoms with Crippen molar-refractivity contribution in [2.24, 2.45) is 0 Å². The minimum atomic E-state index is -0.519.